The van der Waals surface area contributed by atoms with Crippen LogP contribution in [0.4, 0.5) is 0 Å². The summed E-state index contributed by atoms with van der Waals surface area (Å²) in [7, 11) is -2.52. The molecule has 1 N–H and O–H groups in total. The van der Waals surface area contributed by atoms with Crippen LogP contribution in [-0.4, -0.2) is 26.1 Å². The van der Waals surface area contributed by atoms with Crippen LogP contribution in [0.25, 0.3) is 0 Å². The summed E-state index contributed by atoms with van der Waals surface area (Å²) in [5.41, 5.74) is 0.205. The van der Waals surface area contributed by atoms with E-state index in [4.69, 9.17) is 4.43 Å². The first-order valence-electron chi connectivity index (χ1n) is 12.0. The summed E-state index contributed by atoms with van der Waals surface area (Å²) in [5, 5.41) is 12.5. The smallest absolute Gasteiger partial charge is 0.261 e. The maximum atomic E-state index is 9.78. The zero-order chi connectivity index (χ0) is 22.7. The van der Waals surface area contributed by atoms with Crippen LogP contribution in [-0.2, 0) is 4.43 Å². The highest BCUT2D eigenvalue weighted by molar-refractivity contribution is 6.99. The van der Waals surface area contributed by atoms with Gasteiger partial charge in [0.15, 0.2) is 0 Å². The quantitative estimate of drug-likeness (QED) is 0.556. The third-order valence-electron chi connectivity index (χ3n) is 7.97. The molecule has 0 heterocycles. The van der Waals surface area contributed by atoms with Gasteiger partial charge in [-0.1, -0.05) is 109 Å². The first-order valence-corrected chi connectivity index (χ1v) is 13.9. The molecule has 3 rings (SSSR count). The van der Waals surface area contributed by atoms with Crippen LogP contribution in [0.5, 0.6) is 0 Å². The normalized spacial score (nSPS) is 24.5. The van der Waals surface area contributed by atoms with Crippen LogP contribution >= 0.6 is 0 Å². The molecule has 31 heavy (non-hydrogen) atoms. The van der Waals surface area contributed by atoms with E-state index >= 15 is 0 Å². The van der Waals surface area contributed by atoms with Gasteiger partial charge in [0.05, 0.1) is 0 Å². The fourth-order valence-electron chi connectivity index (χ4n) is 5.76. The lowest BCUT2D eigenvalue weighted by atomic mass is 9.63. The molecule has 170 valence electrons. The molecule has 0 aromatic heterocycles. The Morgan fingerprint density at radius 2 is 1.52 bits per heavy atom. The van der Waals surface area contributed by atoms with Crippen molar-refractivity contribution in [1.29, 1.82) is 0 Å². The molecule has 2 aromatic rings. The van der Waals surface area contributed by atoms with Crippen LogP contribution < -0.4 is 10.4 Å². The monoisotopic (exact) mass is 438 g/mol. The summed E-state index contributed by atoms with van der Waals surface area (Å²) in [5.74, 6) is 0.791. The Bertz CT molecular complexity index is 774. The SMILES string of the molecule is C[C@H](CO)[C@@H](C)[C@@]1(C)CCC[C@H](O[Si](c2ccccc2)(c2ccccc2)C(C)(C)C)C1. The average Bonchev–Trinajstić information content (AvgIpc) is 2.77. The fourth-order valence-corrected chi connectivity index (χ4v) is 10.5. The first kappa shape index (κ1) is 24.2. The maximum Gasteiger partial charge on any atom is 0.261 e. The molecule has 1 aliphatic carbocycles. The molecule has 0 bridgehead atoms. The number of benzene rings is 2. The van der Waals surface area contributed by atoms with E-state index in [-0.39, 0.29) is 23.2 Å². The molecule has 0 amide bonds. The zero-order valence-corrected chi connectivity index (χ0v) is 21.4. The molecule has 0 saturated heterocycles. The molecular weight excluding hydrogens is 396 g/mol. The lowest BCUT2D eigenvalue weighted by Crippen LogP contribution is -2.68. The van der Waals surface area contributed by atoms with Gasteiger partial charge in [-0.15, -0.1) is 0 Å². The van der Waals surface area contributed by atoms with Crippen molar-refractivity contribution >= 4 is 18.7 Å². The van der Waals surface area contributed by atoms with Crippen molar-refractivity contribution in [2.75, 3.05) is 6.61 Å². The van der Waals surface area contributed by atoms with Crippen LogP contribution in [0.3, 0.4) is 0 Å². The molecule has 3 heteroatoms. The number of hydrogen-bond donors (Lipinski definition) is 1. The lowest BCUT2D eigenvalue weighted by Gasteiger charge is -2.50. The van der Waals surface area contributed by atoms with E-state index in [0.717, 1.165) is 12.8 Å². The second kappa shape index (κ2) is 9.60. The third kappa shape index (κ3) is 4.84. The van der Waals surface area contributed by atoms with Gasteiger partial charge in [-0.3, -0.25) is 0 Å². The van der Waals surface area contributed by atoms with E-state index < -0.39 is 8.32 Å². The second-order valence-electron chi connectivity index (χ2n) is 11.1. The van der Waals surface area contributed by atoms with E-state index in [2.05, 4.69) is 102 Å². The van der Waals surface area contributed by atoms with Crippen LogP contribution in [0, 0.1) is 17.3 Å². The van der Waals surface area contributed by atoms with Gasteiger partial charge in [0, 0.05) is 12.7 Å². The molecule has 0 aliphatic heterocycles. The van der Waals surface area contributed by atoms with Crippen molar-refractivity contribution in [3.63, 3.8) is 0 Å². The van der Waals surface area contributed by atoms with Crippen LogP contribution in [0.2, 0.25) is 5.04 Å². The van der Waals surface area contributed by atoms with Crippen molar-refractivity contribution in [3.8, 4) is 0 Å². The van der Waals surface area contributed by atoms with Crippen molar-refractivity contribution in [1.82, 2.24) is 0 Å². The first-order chi connectivity index (χ1) is 14.6. The summed E-state index contributed by atoms with van der Waals surface area (Å²) in [6, 6.07) is 22.0. The van der Waals surface area contributed by atoms with E-state index in [1.807, 2.05) is 0 Å². The van der Waals surface area contributed by atoms with Gasteiger partial charge in [0.25, 0.3) is 8.32 Å². The predicted octanol–water partition coefficient (Wildman–Crippen LogP) is 5.78. The molecule has 1 saturated carbocycles. The molecule has 2 aromatic carbocycles. The largest absolute Gasteiger partial charge is 0.404 e. The molecule has 2 nitrogen and oxygen atoms in total. The number of aliphatic hydroxyl groups is 1. The van der Waals surface area contributed by atoms with E-state index in [1.165, 1.54) is 23.2 Å². The molecule has 1 aliphatic rings. The Hall–Kier alpha value is -1.42. The van der Waals surface area contributed by atoms with Crippen LogP contribution in [0.15, 0.2) is 60.7 Å². The summed E-state index contributed by atoms with van der Waals surface area (Å²) in [6.45, 7) is 14.3. The predicted molar refractivity (Wildman–Crippen MR) is 134 cm³/mol. The highest BCUT2D eigenvalue weighted by Gasteiger charge is 2.52. The summed E-state index contributed by atoms with van der Waals surface area (Å²) in [4.78, 5) is 0. The Labute approximate surface area is 191 Å². The number of hydrogen-bond acceptors (Lipinski definition) is 2. The minimum absolute atomic E-state index is 0.00750. The minimum atomic E-state index is -2.52. The van der Waals surface area contributed by atoms with Gasteiger partial charge in [0.1, 0.15) is 0 Å². The van der Waals surface area contributed by atoms with Crippen LogP contribution in [0.1, 0.15) is 67.2 Å². The van der Waals surface area contributed by atoms with E-state index in [0.29, 0.717) is 11.8 Å². The molecule has 0 unspecified atom stereocenters. The minimum Gasteiger partial charge on any atom is -0.404 e. The van der Waals surface area contributed by atoms with E-state index in [9.17, 15) is 5.11 Å². The van der Waals surface area contributed by atoms with Gasteiger partial charge in [-0.25, -0.2) is 0 Å². The highest BCUT2D eigenvalue weighted by atomic mass is 28.4. The van der Waals surface area contributed by atoms with Crippen molar-refractivity contribution in [3.05, 3.63) is 60.7 Å². The van der Waals surface area contributed by atoms with Gasteiger partial charge < -0.3 is 9.53 Å². The Balaban J connectivity index is 2.03. The maximum absolute atomic E-state index is 9.78. The highest BCUT2D eigenvalue weighted by Crippen LogP contribution is 2.47. The van der Waals surface area contributed by atoms with E-state index in [1.54, 1.807) is 0 Å². The Kier molecular flexibility index (Phi) is 7.50. The van der Waals surface area contributed by atoms with Crippen molar-refractivity contribution < 1.29 is 9.53 Å². The molecule has 0 spiro atoms. The zero-order valence-electron chi connectivity index (χ0n) is 20.4. The molecular formula is C28H42O2Si. The number of rotatable bonds is 7. The topological polar surface area (TPSA) is 29.5 Å². The molecule has 1 fully saturated rings. The summed E-state index contributed by atoms with van der Waals surface area (Å²) >= 11 is 0. The molecule has 0 radical (unpaired) electrons. The van der Waals surface area contributed by atoms with Crippen molar-refractivity contribution in [2.24, 2.45) is 17.3 Å². The summed E-state index contributed by atoms with van der Waals surface area (Å²) in [6.07, 6.45) is 4.86. The fraction of sp³-hybridized carbons (Fsp3) is 0.571. The Morgan fingerprint density at radius 3 is 1.97 bits per heavy atom. The average molecular weight is 439 g/mol. The van der Waals surface area contributed by atoms with Crippen molar-refractivity contribution in [2.45, 2.75) is 78.4 Å². The molecule has 4 atom stereocenters. The standard InChI is InChI=1S/C28H42O2Si/c1-22(21-29)23(2)28(6)19-13-14-24(20-28)30-31(27(3,4)5,25-15-9-7-10-16-25)26-17-11-8-12-18-26/h7-12,15-18,22-24,29H,13-14,19-21H2,1-6H3/t22-,23-,24+,28+/m1/s1. The van der Waals surface area contributed by atoms with Gasteiger partial charge in [-0.05, 0) is 51.9 Å². The lowest BCUT2D eigenvalue weighted by molar-refractivity contribution is 0.00552. The van der Waals surface area contributed by atoms with Gasteiger partial charge in [0.2, 0.25) is 0 Å². The Morgan fingerprint density at radius 1 is 1.00 bits per heavy atom. The van der Waals surface area contributed by atoms with Gasteiger partial charge >= 0.3 is 0 Å². The number of aliphatic hydroxyl groups excluding tert-OH is 1. The third-order valence-corrected chi connectivity index (χ3v) is 13.1. The van der Waals surface area contributed by atoms with Gasteiger partial charge in [-0.2, -0.15) is 0 Å². The summed E-state index contributed by atoms with van der Waals surface area (Å²) < 4.78 is 7.45. The second-order valence-corrected chi connectivity index (χ2v) is 15.4.